The molecule has 5 rings (SSSR count). The fourth-order valence-electron chi connectivity index (χ4n) is 3.95. The Bertz CT molecular complexity index is 1450. The Morgan fingerprint density at radius 3 is 2.45 bits per heavy atom. The fourth-order valence-corrected chi connectivity index (χ4v) is 4.12. The SMILES string of the molecule is Cc1ccn(-c2ccc(Cl)cc2-c2nc3cc(Nc4ncccn4)ccc3n2C(C)(C)C)n1. The lowest BCUT2D eigenvalue weighted by molar-refractivity contribution is 0.413. The minimum Gasteiger partial charge on any atom is -0.324 e. The molecule has 0 fully saturated rings. The van der Waals surface area contributed by atoms with Crippen molar-refractivity contribution in [2.24, 2.45) is 0 Å². The zero-order chi connectivity index (χ0) is 23.2. The van der Waals surface area contributed by atoms with Crippen molar-refractivity contribution >= 4 is 34.3 Å². The van der Waals surface area contributed by atoms with Crippen molar-refractivity contribution in [2.75, 3.05) is 5.32 Å². The van der Waals surface area contributed by atoms with Gasteiger partial charge in [0.1, 0.15) is 5.82 Å². The van der Waals surface area contributed by atoms with Crippen LogP contribution in [0.1, 0.15) is 26.5 Å². The third-order valence-corrected chi connectivity index (χ3v) is 5.55. The molecular weight excluding hydrogens is 434 g/mol. The highest BCUT2D eigenvalue weighted by Gasteiger charge is 2.25. The number of aromatic nitrogens is 6. The Morgan fingerprint density at radius 1 is 0.970 bits per heavy atom. The number of rotatable bonds is 4. The molecule has 0 radical (unpaired) electrons. The number of hydrogen-bond acceptors (Lipinski definition) is 5. The number of nitrogens with one attached hydrogen (secondary N) is 1. The molecule has 166 valence electrons. The van der Waals surface area contributed by atoms with Gasteiger partial charge in [-0.3, -0.25) is 0 Å². The summed E-state index contributed by atoms with van der Waals surface area (Å²) < 4.78 is 4.11. The van der Waals surface area contributed by atoms with Gasteiger partial charge in [0.25, 0.3) is 0 Å². The van der Waals surface area contributed by atoms with Crippen LogP contribution in [0.25, 0.3) is 28.1 Å². The van der Waals surface area contributed by atoms with E-state index in [1.54, 1.807) is 18.5 Å². The highest BCUT2D eigenvalue weighted by molar-refractivity contribution is 6.31. The standard InChI is InChI=1S/C25H24ClN7/c1-16-10-13-32(31-16)21-8-6-17(26)14-19(21)23-30-20-15-18(29-24-27-11-5-12-28-24)7-9-22(20)33(23)25(2,3)4/h5-15H,1-4H3,(H,27,28,29). The molecule has 8 heteroatoms. The van der Waals surface area contributed by atoms with Crippen molar-refractivity contribution in [2.45, 2.75) is 33.2 Å². The van der Waals surface area contributed by atoms with E-state index in [0.29, 0.717) is 11.0 Å². The van der Waals surface area contributed by atoms with Gasteiger partial charge in [-0.2, -0.15) is 5.10 Å². The third-order valence-electron chi connectivity index (χ3n) is 5.32. The number of hydrogen-bond donors (Lipinski definition) is 1. The van der Waals surface area contributed by atoms with Crippen molar-refractivity contribution in [3.8, 4) is 17.1 Å². The van der Waals surface area contributed by atoms with E-state index in [1.165, 1.54) is 0 Å². The second-order valence-corrected chi connectivity index (χ2v) is 9.34. The van der Waals surface area contributed by atoms with Gasteiger partial charge in [0.15, 0.2) is 0 Å². The van der Waals surface area contributed by atoms with E-state index in [0.717, 1.165) is 39.5 Å². The molecular formula is C25H24ClN7. The summed E-state index contributed by atoms with van der Waals surface area (Å²) in [5, 5.41) is 8.51. The first-order valence-electron chi connectivity index (χ1n) is 10.7. The molecule has 0 bridgehead atoms. The number of anilines is 2. The van der Waals surface area contributed by atoms with Gasteiger partial charge in [0.2, 0.25) is 5.95 Å². The van der Waals surface area contributed by atoms with Gasteiger partial charge in [-0.1, -0.05) is 11.6 Å². The molecule has 0 amide bonds. The summed E-state index contributed by atoms with van der Waals surface area (Å²) in [5.41, 5.74) is 5.32. The van der Waals surface area contributed by atoms with E-state index in [4.69, 9.17) is 16.6 Å². The highest BCUT2D eigenvalue weighted by Crippen LogP contribution is 2.36. The van der Waals surface area contributed by atoms with Crippen LogP contribution < -0.4 is 5.32 Å². The van der Waals surface area contributed by atoms with Crippen LogP contribution in [0.5, 0.6) is 0 Å². The molecule has 0 aliphatic carbocycles. The molecule has 1 N–H and O–H groups in total. The van der Waals surface area contributed by atoms with Crippen LogP contribution in [0.15, 0.2) is 67.1 Å². The Morgan fingerprint density at radius 2 is 1.76 bits per heavy atom. The second kappa shape index (κ2) is 8.01. The summed E-state index contributed by atoms with van der Waals surface area (Å²) in [6, 6.07) is 15.7. The molecule has 0 aliphatic rings. The molecule has 2 aromatic carbocycles. The van der Waals surface area contributed by atoms with Gasteiger partial charge in [-0.05, 0) is 76.2 Å². The maximum Gasteiger partial charge on any atom is 0.227 e. The smallest absolute Gasteiger partial charge is 0.227 e. The number of fused-ring (bicyclic) bond motifs is 1. The van der Waals surface area contributed by atoms with E-state index in [9.17, 15) is 0 Å². The van der Waals surface area contributed by atoms with Gasteiger partial charge < -0.3 is 9.88 Å². The maximum atomic E-state index is 6.45. The van der Waals surface area contributed by atoms with Crippen molar-refractivity contribution in [1.82, 2.24) is 29.3 Å². The molecule has 0 saturated heterocycles. The van der Waals surface area contributed by atoms with Crippen LogP contribution in [0.2, 0.25) is 5.02 Å². The molecule has 0 atom stereocenters. The van der Waals surface area contributed by atoms with Crippen LogP contribution in [0.4, 0.5) is 11.6 Å². The fraction of sp³-hybridized carbons (Fsp3) is 0.200. The first-order valence-corrected chi connectivity index (χ1v) is 11.1. The number of aryl methyl sites for hydroxylation is 1. The lowest BCUT2D eigenvalue weighted by Crippen LogP contribution is -2.23. The molecule has 0 saturated carbocycles. The summed E-state index contributed by atoms with van der Waals surface area (Å²) in [7, 11) is 0. The molecule has 33 heavy (non-hydrogen) atoms. The first kappa shape index (κ1) is 21.2. The van der Waals surface area contributed by atoms with E-state index >= 15 is 0 Å². The lowest BCUT2D eigenvalue weighted by atomic mass is 10.1. The predicted octanol–water partition coefficient (Wildman–Crippen LogP) is 6.14. The summed E-state index contributed by atoms with van der Waals surface area (Å²) in [4.78, 5) is 13.6. The van der Waals surface area contributed by atoms with E-state index < -0.39 is 0 Å². The van der Waals surface area contributed by atoms with Crippen molar-refractivity contribution < 1.29 is 0 Å². The summed E-state index contributed by atoms with van der Waals surface area (Å²) >= 11 is 6.45. The van der Waals surface area contributed by atoms with Crippen molar-refractivity contribution in [3.63, 3.8) is 0 Å². The Balaban J connectivity index is 1.71. The van der Waals surface area contributed by atoms with Gasteiger partial charge in [0, 0.05) is 40.4 Å². The summed E-state index contributed by atoms with van der Waals surface area (Å²) in [5.74, 6) is 1.37. The molecule has 0 unspecified atom stereocenters. The van der Waals surface area contributed by atoms with E-state index in [2.05, 4.69) is 51.8 Å². The monoisotopic (exact) mass is 457 g/mol. The average molecular weight is 458 g/mol. The number of benzene rings is 2. The highest BCUT2D eigenvalue weighted by atomic mass is 35.5. The molecule has 7 nitrogen and oxygen atoms in total. The minimum atomic E-state index is -0.221. The summed E-state index contributed by atoms with van der Waals surface area (Å²) in [6.45, 7) is 8.49. The van der Waals surface area contributed by atoms with Crippen LogP contribution in [0.3, 0.4) is 0 Å². The van der Waals surface area contributed by atoms with Crippen LogP contribution in [-0.4, -0.2) is 29.3 Å². The predicted molar refractivity (Wildman–Crippen MR) is 132 cm³/mol. The van der Waals surface area contributed by atoms with Crippen LogP contribution in [0, 0.1) is 6.92 Å². The number of imidazole rings is 1. The Kier molecular flexibility index (Phi) is 5.13. The molecule has 3 aromatic heterocycles. The Hall–Kier alpha value is -3.71. The third kappa shape index (κ3) is 4.07. The largest absolute Gasteiger partial charge is 0.324 e. The number of halogens is 1. The zero-order valence-corrected chi connectivity index (χ0v) is 19.7. The normalized spacial score (nSPS) is 11.8. The van der Waals surface area contributed by atoms with Crippen molar-refractivity contribution in [1.29, 1.82) is 0 Å². The minimum absolute atomic E-state index is 0.221. The van der Waals surface area contributed by atoms with Crippen LogP contribution in [-0.2, 0) is 5.54 Å². The zero-order valence-electron chi connectivity index (χ0n) is 18.9. The summed E-state index contributed by atoms with van der Waals surface area (Å²) in [6.07, 6.45) is 5.37. The average Bonchev–Trinajstić information content (AvgIpc) is 3.37. The molecule has 5 aromatic rings. The quantitative estimate of drug-likeness (QED) is 0.351. The van der Waals surface area contributed by atoms with Crippen LogP contribution >= 0.6 is 11.6 Å². The molecule has 0 aliphatic heterocycles. The van der Waals surface area contributed by atoms with Gasteiger partial charge in [-0.25, -0.2) is 19.6 Å². The maximum absolute atomic E-state index is 6.45. The Labute approximate surface area is 197 Å². The topological polar surface area (TPSA) is 73.5 Å². The second-order valence-electron chi connectivity index (χ2n) is 8.91. The first-order chi connectivity index (χ1) is 15.8. The van der Waals surface area contributed by atoms with Gasteiger partial charge in [0.05, 0.1) is 22.4 Å². The molecule has 3 heterocycles. The molecule has 0 spiro atoms. The van der Waals surface area contributed by atoms with Crippen molar-refractivity contribution in [3.05, 3.63) is 77.8 Å². The van der Waals surface area contributed by atoms with Gasteiger partial charge >= 0.3 is 0 Å². The lowest BCUT2D eigenvalue weighted by Gasteiger charge is -2.25. The van der Waals surface area contributed by atoms with E-state index in [1.807, 2.05) is 54.2 Å². The van der Waals surface area contributed by atoms with Gasteiger partial charge in [-0.15, -0.1) is 0 Å². The van der Waals surface area contributed by atoms with E-state index in [-0.39, 0.29) is 5.54 Å². The number of nitrogens with zero attached hydrogens (tertiary/aromatic N) is 6.